The number of carbonyl (C=O) groups excluding carboxylic acids is 1. The highest BCUT2D eigenvalue weighted by atomic mass is 35.5. The molecule has 0 aliphatic rings. The molecule has 1 amide bonds. The summed E-state index contributed by atoms with van der Waals surface area (Å²) in [5.41, 5.74) is 2.18. The summed E-state index contributed by atoms with van der Waals surface area (Å²) in [7, 11) is 0. The van der Waals surface area contributed by atoms with Crippen molar-refractivity contribution in [3.63, 3.8) is 0 Å². The van der Waals surface area contributed by atoms with Gasteiger partial charge in [-0.1, -0.05) is 65.7 Å². The van der Waals surface area contributed by atoms with Crippen molar-refractivity contribution < 1.29 is 13.9 Å². The number of pyridine rings is 1. The first-order valence-electron chi connectivity index (χ1n) is 12.3. The number of ether oxygens (including phenoxy) is 1. The van der Waals surface area contributed by atoms with Crippen LogP contribution in [0.2, 0.25) is 10.0 Å². The predicted molar refractivity (Wildman–Crippen MR) is 161 cm³/mol. The highest BCUT2D eigenvalue weighted by molar-refractivity contribution is 7.98. The van der Waals surface area contributed by atoms with Crippen LogP contribution < -0.4 is 10.0 Å². The molecular weight excluding hydrogens is 570 g/mol. The minimum Gasteiger partial charge on any atom is -0.444 e. The summed E-state index contributed by atoms with van der Waals surface area (Å²) in [6, 6.07) is 25.4. The van der Waals surface area contributed by atoms with Gasteiger partial charge in [-0.05, 0) is 80.7 Å². The van der Waals surface area contributed by atoms with Crippen molar-refractivity contribution in [2.75, 3.05) is 0 Å². The van der Waals surface area contributed by atoms with Crippen LogP contribution in [0.4, 0.5) is 9.18 Å². The van der Waals surface area contributed by atoms with Crippen LogP contribution in [0.25, 0.3) is 22.4 Å². The zero-order valence-corrected chi connectivity index (χ0v) is 24.4. The van der Waals surface area contributed by atoms with E-state index in [-0.39, 0.29) is 18.1 Å². The first kappa shape index (κ1) is 29.4. The number of amides is 1. The smallest absolute Gasteiger partial charge is 0.414 e. The molecule has 6 nitrogen and oxygen atoms in total. The number of nitrogens with one attached hydrogen (secondary N) is 2. The molecule has 0 radical (unpaired) electrons. The summed E-state index contributed by atoms with van der Waals surface area (Å²) in [5, 5.41) is 3.76. The van der Waals surface area contributed by atoms with E-state index < -0.39 is 17.6 Å². The maximum Gasteiger partial charge on any atom is 0.414 e. The second kappa shape index (κ2) is 13.2. The van der Waals surface area contributed by atoms with Crippen LogP contribution in [0.5, 0.6) is 0 Å². The summed E-state index contributed by atoms with van der Waals surface area (Å²) in [6.07, 6.45) is -0.689. The number of aliphatic imine (C=N–C) groups is 1. The van der Waals surface area contributed by atoms with Crippen LogP contribution in [0.15, 0.2) is 94.8 Å². The molecule has 0 saturated heterocycles. The van der Waals surface area contributed by atoms with Crippen molar-refractivity contribution in [2.45, 2.75) is 37.8 Å². The van der Waals surface area contributed by atoms with Gasteiger partial charge in [0.15, 0.2) is 0 Å². The number of halogens is 3. The lowest BCUT2D eigenvalue weighted by molar-refractivity contribution is 0.0562. The number of aromatic nitrogens is 1. The molecule has 2 N–H and O–H groups in total. The molecule has 0 atom stereocenters. The SMILES string of the molecule is CC(C)(C)OC(=O)NC(=NCc1cc(-c2ccc(Cl)cc2)c(-c2ccc(Cl)cc2)nc1F)NSc1ccccc1. The number of nitrogens with zero attached hydrogens (tertiary/aromatic N) is 2. The highest BCUT2D eigenvalue weighted by Crippen LogP contribution is 2.33. The Hall–Kier alpha value is -3.59. The number of alkyl carbamates (subject to hydrolysis) is 1. The quantitative estimate of drug-likeness (QED) is 0.101. The van der Waals surface area contributed by atoms with Gasteiger partial charge in [0, 0.05) is 31.6 Å². The fourth-order valence-electron chi connectivity index (χ4n) is 3.58. The second-order valence-corrected chi connectivity index (χ2v) is 11.4. The van der Waals surface area contributed by atoms with Gasteiger partial charge in [0.2, 0.25) is 11.9 Å². The molecule has 0 bridgehead atoms. The molecule has 0 saturated carbocycles. The van der Waals surface area contributed by atoms with E-state index in [1.807, 2.05) is 42.5 Å². The lowest BCUT2D eigenvalue weighted by Gasteiger charge is -2.20. The molecule has 0 unspecified atom stereocenters. The Bertz CT molecular complexity index is 1490. The summed E-state index contributed by atoms with van der Waals surface area (Å²) < 4.78 is 23.8. The zero-order valence-electron chi connectivity index (χ0n) is 22.0. The monoisotopic (exact) mass is 596 g/mol. The second-order valence-electron chi connectivity index (χ2n) is 9.66. The third-order valence-electron chi connectivity index (χ3n) is 5.36. The Morgan fingerprint density at radius 3 is 2.15 bits per heavy atom. The van der Waals surface area contributed by atoms with Gasteiger partial charge in [-0.2, -0.15) is 4.39 Å². The third-order valence-corrected chi connectivity index (χ3v) is 6.66. The minimum absolute atomic E-state index is 0.103. The largest absolute Gasteiger partial charge is 0.444 e. The van der Waals surface area contributed by atoms with Gasteiger partial charge < -0.3 is 4.74 Å². The molecule has 0 fully saturated rings. The molecule has 10 heteroatoms. The van der Waals surface area contributed by atoms with Crippen molar-refractivity contribution in [2.24, 2.45) is 4.99 Å². The van der Waals surface area contributed by atoms with Crippen LogP contribution in [0, 0.1) is 5.95 Å². The first-order valence-corrected chi connectivity index (χ1v) is 13.9. The van der Waals surface area contributed by atoms with Crippen LogP contribution in [-0.4, -0.2) is 22.6 Å². The van der Waals surface area contributed by atoms with E-state index in [0.717, 1.165) is 10.5 Å². The van der Waals surface area contributed by atoms with E-state index >= 15 is 4.39 Å². The van der Waals surface area contributed by atoms with Gasteiger partial charge in [-0.25, -0.2) is 14.8 Å². The molecule has 3 aromatic carbocycles. The zero-order chi connectivity index (χ0) is 28.7. The third kappa shape index (κ3) is 8.45. The standard InChI is InChI=1S/C30H27Cl2FN4O2S/c1-30(2,3)39-29(38)36-28(37-40-24-7-5-4-6-8-24)34-18-21-17-25(19-9-13-22(31)14-10-19)26(35-27(21)33)20-11-15-23(32)16-12-20/h4-17H,18H2,1-3H3,(H2,34,36,37,38). The van der Waals surface area contributed by atoms with Crippen molar-refractivity contribution in [3.8, 4) is 22.4 Å². The van der Waals surface area contributed by atoms with Gasteiger partial charge in [-0.15, -0.1) is 0 Å². The lowest BCUT2D eigenvalue weighted by atomic mass is 9.97. The van der Waals surface area contributed by atoms with E-state index in [1.165, 1.54) is 11.9 Å². The number of hydrogen-bond acceptors (Lipinski definition) is 5. The van der Waals surface area contributed by atoms with E-state index in [2.05, 4.69) is 20.0 Å². The Balaban J connectivity index is 1.68. The van der Waals surface area contributed by atoms with E-state index in [9.17, 15) is 4.79 Å². The maximum absolute atomic E-state index is 15.4. The number of benzene rings is 3. The number of guanidine groups is 1. The summed E-state index contributed by atoms with van der Waals surface area (Å²) >= 11 is 13.4. The van der Waals surface area contributed by atoms with Crippen molar-refractivity contribution in [3.05, 3.63) is 106 Å². The van der Waals surface area contributed by atoms with Gasteiger partial charge in [-0.3, -0.25) is 10.0 Å². The molecule has 1 aromatic heterocycles. The Morgan fingerprint density at radius 2 is 1.55 bits per heavy atom. The molecule has 0 spiro atoms. The summed E-state index contributed by atoms with van der Waals surface area (Å²) in [5.74, 6) is -0.573. The van der Waals surface area contributed by atoms with Gasteiger partial charge in [0.1, 0.15) is 5.60 Å². The number of rotatable bonds is 6. The minimum atomic E-state index is -0.706. The summed E-state index contributed by atoms with van der Waals surface area (Å²) in [6.45, 7) is 5.18. The fourth-order valence-corrected chi connectivity index (χ4v) is 4.45. The summed E-state index contributed by atoms with van der Waals surface area (Å²) in [4.78, 5) is 22.1. The predicted octanol–water partition coefficient (Wildman–Crippen LogP) is 8.54. The average molecular weight is 598 g/mol. The van der Waals surface area contributed by atoms with Crippen LogP contribution in [-0.2, 0) is 11.3 Å². The molecule has 206 valence electrons. The van der Waals surface area contributed by atoms with E-state index in [1.54, 1.807) is 63.2 Å². The highest BCUT2D eigenvalue weighted by Gasteiger charge is 2.19. The van der Waals surface area contributed by atoms with Gasteiger partial charge >= 0.3 is 6.09 Å². The Kier molecular flexibility index (Phi) is 9.68. The fraction of sp³-hybridized carbons (Fsp3) is 0.167. The molecule has 0 aliphatic carbocycles. The lowest BCUT2D eigenvalue weighted by Crippen LogP contribution is -2.41. The number of hydrogen-bond donors (Lipinski definition) is 2. The van der Waals surface area contributed by atoms with Crippen LogP contribution in [0.1, 0.15) is 26.3 Å². The molecule has 4 rings (SSSR count). The molecular formula is C30H27Cl2FN4O2S. The normalized spacial score (nSPS) is 11.7. The van der Waals surface area contributed by atoms with E-state index in [4.69, 9.17) is 27.9 Å². The Morgan fingerprint density at radius 1 is 0.950 bits per heavy atom. The Labute approximate surface area is 247 Å². The topological polar surface area (TPSA) is 75.6 Å². The molecule has 4 aromatic rings. The van der Waals surface area contributed by atoms with Crippen molar-refractivity contribution >= 4 is 47.2 Å². The van der Waals surface area contributed by atoms with Gasteiger partial charge in [0.25, 0.3) is 0 Å². The molecule has 1 heterocycles. The molecule has 0 aliphatic heterocycles. The number of carbonyl (C=O) groups is 1. The van der Waals surface area contributed by atoms with E-state index in [0.29, 0.717) is 26.9 Å². The van der Waals surface area contributed by atoms with Crippen LogP contribution >= 0.6 is 35.1 Å². The molecule has 40 heavy (non-hydrogen) atoms. The van der Waals surface area contributed by atoms with Crippen molar-refractivity contribution in [1.82, 2.24) is 15.0 Å². The van der Waals surface area contributed by atoms with Gasteiger partial charge in [0.05, 0.1) is 12.2 Å². The van der Waals surface area contributed by atoms with Crippen LogP contribution in [0.3, 0.4) is 0 Å². The first-order chi connectivity index (χ1) is 19.1. The maximum atomic E-state index is 15.4. The van der Waals surface area contributed by atoms with Crippen molar-refractivity contribution in [1.29, 1.82) is 0 Å². The average Bonchev–Trinajstić information content (AvgIpc) is 2.91.